The maximum Gasteiger partial charge on any atom is 0.261 e. The Hall–Kier alpha value is -2.40. The molecule has 0 heterocycles. The summed E-state index contributed by atoms with van der Waals surface area (Å²) >= 11 is 5.89. The molecule has 0 spiro atoms. The third-order valence-corrected chi connectivity index (χ3v) is 4.54. The molecule has 2 aromatic rings. The van der Waals surface area contributed by atoms with Crippen LogP contribution in [0.3, 0.4) is 0 Å². The first kappa shape index (κ1) is 20.9. The number of carbonyl (C=O) groups is 1. The first-order valence-corrected chi connectivity index (χ1v) is 9.34. The van der Waals surface area contributed by atoms with Crippen molar-refractivity contribution in [3.05, 3.63) is 53.1 Å². The van der Waals surface area contributed by atoms with Crippen LogP contribution in [-0.2, 0) is 4.79 Å². The largest absolute Gasteiger partial charge is 0.493 e. The Bertz CT molecular complexity index is 748. The standard InChI is InChI=1S/C21H26ClNO4/c1-5-17(14-7-12-19(25-3)20(13-14)26-4)23-21(24)18(6-2)27-16-10-8-15(22)9-11-16/h7-13,17-18H,5-6H2,1-4H3,(H,23,24)/t17-,18+/m1/s1. The van der Waals surface area contributed by atoms with Crippen LogP contribution < -0.4 is 19.5 Å². The normalized spacial score (nSPS) is 12.8. The van der Waals surface area contributed by atoms with Gasteiger partial charge in [0.05, 0.1) is 20.3 Å². The molecule has 2 aromatic carbocycles. The van der Waals surface area contributed by atoms with Gasteiger partial charge in [0, 0.05) is 5.02 Å². The lowest BCUT2D eigenvalue weighted by atomic mass is 10.0. The van der Waals surface area contributed by atoms with Crippen molar-refractivity contribution in [1.29, 1.82) is 0 Å². The Balaban J connectivity index is 2.11. The number of halogens is 1. The van der Waals surface area contributed by atoms with Crippen molar-refractivity contribution in [3.8, 4) is 17.2 Å². The molecule has 1 amide bonds. The van der Waals surface area contributed by atoms with Crippen molar-refractivity contribution >= 4 is 17.5 Å². The Kier molecular flexibility index (Phi) is 7.80. The molecule has 146 valence electrons. The molecule has 0 saturated carbocycles. The molecule has 6 heteroatoms. The Morgan fingerprint density at radius 3 is 2.22 bits per heavy atom. The molecule has 2 rings (SSSR count). The lowest BCUT2D eigenvalue weighted by molar-refractivity contribution is -0.128. The summed E-state index contributed by atoms with van der Waals surface area (Å²) in [6.45, 7) is 3.93. The van der Waals surface area contributed by atoms with E-state index >= 15 is 0 Å². The van der Waals surface area contributed by atoms with Crippen LogP contribution >= 0.6 is 11.6 Å². The third-order valence-electron chi connectivity index (χ3n) is 4.29. The second kappa shape index (κ2) is 10.1. The van der Waals surface area contributed by atoms with Gasteiger partial charge in [-0.05, 0) is 54.8 Å². The molecule has 0 aliphatic carbocycles. The predicted octanol–water partition coefficient (Wildman–Crippen LogP) is 4.78. The minimum atomic E-state index is -0.583. The molecule has 2 atom stereocenters. The number of carbonyl (C=O) groups excluding carboxylic acids is 1. The molecule has 0 aliphatic heterocycles. The summed E-state index contributed by atoms with van der Waals surface area (Å²) in [6, 6.07) is 12.5. The summed E-state index contributed by atoms with van der Waals surface area (Å²) in [5.41, 5.74) is 0.949. The van der Waals surface area contributed by atoms with E-state index in [9.17, 15) is 4.79 Å². The van der Waals surface area contributed by atoms with Crippen molar-refractivity contribution in [2.75, 3.05) is 14.2 Å². The van der Waals surface area contributed by atoms with Gasteiger partial charge in [0.1, 0.15) is 5.75 Å². The van der Waals surface area contributed by atoms with Crippen LogP contribution in [0.1, 0.15) is 38.3 Å². The molecule has 5 nitrogen and oxygen atoms in total. The number of hydrogen-bond donors (Lipinski definition) is 1. The fraction of sp³-hybridized carbons (Fsp3) is 0.381. The lowest BCUT2D eigenvalue weighted by Crippen LogP contribution is -2.39. The summed E-state index contributed by atoms with van der Waals surface area (Å²) in [5, 5.41) is 3.69. The summed E-state index contributed by atoms with van der Waals surface area (Å²) < 4.78 is 16.5. The Labute approximate surface area is 165 Å². The zero-order valence-electron chi connectivity index (χ0n) is 16.1. The molecule has 27 heavy (non-hydrogen) atoms. The van der Waals surface area contributed by atoms with Crippen LogP contribution in [0, 0.1) is 0 Å². The molecule has 0 aromatic heterocycles. The Morgan fingerprint density at radius 1 is 1.00 bits per heavy atom. The van der Waals surface area contributed by atoms with Crippen molar-refractivity contribution in [1.82, 2.24) is 5.32 Å². The van der Waals surface area contributed by atoms with E-state index in [2.05, 4.69) is 5.32 Å². The number of methoxy groups -OCH3 is 2. The van der Waals surface area contributed by atoms with Crippen LogP contribution in [0.15, 0.2) is 42.5 Å². The highest BCUT2D eigenvalue weighted by molar-refractivity contribution is 6.30. The number of hydrogen-bond acceptors (Lipinski definition) is 4. The second-order valence-corrected chi connectivity index (χ2v) is 6.49. The number of ether oxygens (including phenoxy) is 3. The van der Waals surface area contributed by atoms with Gasteiger partial charge in [-0.3, -0.25) is 4.79 Å². The predicted molar refractivity (Wildman–Crippen MR) is 107 cm³/mol. The van der Waals surface area contributed by atoms with Crippen LogP contribution in [0.25, 0.3) is 0 Å². The molecule has 0 radical (unpaired) electrons. The molecule has 0 unspecified atom stereocenters. The van der Waals surface area contributed by atoms with Gasteiger partial charge in [-0.25, -0.2) is 0 Å². The van der Waals surface area contributed by atoms with E-state index in [0.717, 1.165) is 12.0 Å². The van der Waals surface area contributed by atoms with Crippen molar-refractivity contribution in [2.45, 2.75) is 38.8 Å². The van der Waals surface area contributed by atoms with E-state index in [4.69, 9.17) is 25.8 Å². The smallest absolute Gasteiger partial charge is 0.261 e. The van der Waals surface area contributed by atoms with E-state index in [1.165, 1.54) is 0 Å². The minimum absolute atomic E-state index is 0.153. The fourth-order valence-electron chi connectivity index (χ4n) is 2.76. The van der Waals surface area contributed by atoms with Crippen molar-refractivity contribution in [3.63, 3.8) is 0 Å². The van der Waals surface area contributed by atoms with Gasteiger partial charge in [-0.15, -0.1) is 0 Å². The number of nitrogens with one attached hydrogen (secondary N) is 1. The molecule has 0 saturated heterocycles. The molecule has 0 fully saturated rings. The van der Waals surface area contributed by atoms with Crippen molar-refractivity contribution < 1.29 is 19.0 Å². The summed E-state index contributed by atoms with van der Waals surface area (Å²) in [5.74, 6) is 1.74. The molecule has 1 N–H and O–H groups in total. The van der Waals surface area contributed by atoms with Crippen LogP contribution in [-0.4, -0.2) is 26.2 Å². The highest BCUT2D eigenvalue weighted by Gasteiger charge is 2.22. The summed E-state index contributed by atoms with van der Waals surface area (Å²) in [7, 11) is 3.19. The Morgan fingerprint density at radius 2 is 1.67 bits per heavy atom. The third kappa shape index (κ3) is 5.54. The van der Waals surface area contributed by atoms with Crippen molar-refractivity contribution in [2.24, 2.45) is 0 Å². The molecule has 0 bridgehead atoms. The van der Waals surface area contributed by atoms with Crippen LogP contribution in [0.5, 0.6) is 17.2 Å². The van der Waals surface area contributed by atoms with Gasteiger partial charge in [-0.1, -0.05) is 31.5 Å². The van der Waals surface area contributed by atoms with Gasteiger partial charge in [-0.2, -0.15) is 0 Å². The highest BCUT2D eigenvalue weighted by Crippen LogP contribution is 2.31. The van der Waals surface area contributed by atoms with Gasteiger partial charge < -0.3 is 19.5 Å². The average molecular weight is 392 g/mol. The number of benzene rings is 2. The zero-order chi connectivity index (χ0) is 19.8. The summed E-state index contributed by atoms with van der Waals surface area (Å²) in [4.78, 5) is 12.7. The van der Waals surface area contributed by atoms with E-state index in [1.54, 1.807) is 38.5 Å². The first-order chi connectivity index (χ1) is 13.0. The van der Waals surface area contributed by atoms with E-state index in [1.807, 2.05) is 32.0 Å². The molecule has 0 aliphatic rings. The minimum Gasteiger partial charge on any atom is -0.493 e. The highest BCUT2D eigenvalue weighted by atomic mass is 35.5. The van der Waals surface area contributed by atoms with Crippen LogP contribution in [0.4, 0.5) is 0 Å². The van der Waals surface area contributed by atoms with Crippen LogP contribution in [0.2, 0.25) is 5.02 Å². The van der Waals surface area contributed by atoms with Gasteiger partial charge in [0.15, 0.2) is 17.6 Å². The first-order valence-electron chi connectivity index (χ1n) is 8.96. The monoisotopic (exact) mass is 391 g/mol. The zero-order valence-corrected chi connectivity index (χ0v) is 16.9. The van der Waals surface area contributed by atoms with Gasteiger partial charge in [0.2, 0.25) is 0 Å². The second-order valence-electron chi connectivity index (χ2n) is 6.05. The number of rotatable bonds is 9. The van der Waals surface area contributed by atoms with E-state index < -0.39 is 6.10 Å². The summed E-state index contributed by atoms with van der Waals surface area (Å²) in [6.07, 6.45) is 0.704. The maximum absolute atomic E-state index is 12.7. The SMILES string of the molecule is CC[C@H](Oc1ccc(Cl)cc1)C(=O)N[C@H](CC)c1ccc(OC)c(OC)c1. The lowest BCUT2D eigenvalue weighted by Gasteiger charge is -2.23. The average Bonchev–Trinajstić information content (AvgIpc) is 2.70. The molecular weight excluding hydrogens is 366 g/mol. The fourth-order valence-corrected chi connectivity index (χ4v) is 2.88. The maximum atomic E-state index is 12.7. The van der Waals surface area contributed by atoms with Gasteiger partial charge >= 0.3 is 0 Å². The quantitative estimate of drug-likeness (QED) is 0.668. The molecular formula is C21H26ClNO4. The number of amides is 1. The van der Waals surface area contributed by atoms with Gasteiger partial charge in [0.25, 0.3) is 5.91 Å². The van der Waals surface area contributed by atoms with E-state index in [-0.39, 0.29) is 11.9 Å². The van der Waals surface area contributed by atoms with E-state index in [0.29, 0.717) is 28.7 Å². The topological polar surface area (TPSA) is 56.8 Å².